The van der Waals surface area contributed by atoms with Crippen LogP contribution in [0.25, 0.3) is 0 Å². The molecule has 2 heterocycles. The fourth-order valence-electron chi connectivity index (χ4n) is 4.21. The predicted molar refractivity (Wildman–Crippen MR) is 107 cm³/mol. The average molecular weight is 449 g/mol. The zero-order valence-corrected chi connectivity index (χ0v) is 17.7. The van der Waals surface area contributed by atoms with Gasteiger partial charge in [0.15, 0.2) is 5.78 Å². The van der Waals surface area contributed by atoms with Crippen molar-refractivity contribution in [2.75, 3.05) is 6.54 Å². The van der Waals surface area contributed by atoms with Crippen LogP contribution in [0.5, 0.6) is 5.75 Å². The molecule has 1 aliphatic heterocycles. The second-order valence-electron chi connectivity index (χ2n) is 8.33. The maximum atomic E-state index is 13.1. The molecule has 1 saturated carbocycles. The number of alkyl halides is 3. The summed E-state index contributed by atoms with van der Waals surface area (Å²) in [5, 5.41) is 2.55. The largest absolute Gasteiger partial charge is 0.573 e. The van der Waals surface area contributed by atoms with Crippen LogP contribution in [0.2, 0.25) is 0 Å². The number of carbonyl (C=O) groups is 3. The highest BCUT2D eigenvalue weighted by Crippen LogP contribution is 2.38. The van der Waals surface area contributed by atoms with Gasteiger partial charge in [0.05, 0.1) is 6.54 Å². The van der Waals surface area contributed by atoms with Crippen LogP contribution in [0.4, 0.5) is 18.0 Å². The first-order valence-corrected chi connectivity index (χ1v) is 10.1. The zero-order chi connectivity index (χ0) is 23.4. The lowest BCUT2D eigenvalue weighted by Crippen LogP contribution is -2.41. The van der Waals surface area contributed by atoms with E-state index in [4.69, 9.17) is 0 Å². The van der Waals surface area contributed by atoms with Crippen LogP contribution in [-0.2, 0) is 10.3 Å². The Morgan fingerprint density at radius 3 is 2.38 bits per heavy atom. The van der Waals surface area contributed by atoms with Crippen molar-refractivity contribution < 1.29 is 32.3 Å². The van der Waals surface area contributed by atoms with Gasteiger partial charge in [0, 0.05) is 23.0 Å². The summed E-state index contributed by atoms with van der Waals surface area (Å²) in [5.41, 5.74) is 0.991. The van der Waals surface area contributed by atoms with E-state index < -0.39 is 36.1 Å². The number of benzene rings is 1. The molecule has 1 N–H and O–H groups in total. The summed E-state index contributed by atoms with van der Waals surface area (Å²) in [6.07, 6.45) is -2.72. The molecule has 4 rings (SSSR count). The molecular weight excluding hydrogens is 427 g/mol. The zero-order valence-electron chi connectivity index (χ0n) is 17.7. The summed E-state index contributed by atoms with van der Waals surface area (Å²) < 4.78 is 43.1. The Bertz CT molecular complexity index is 1100. The van der Waals surface area contributed by atoms with Gasteiger partial charge < -0.3 is 14.6 Å². The van der Waals surface area contributed by atoms with Gasteiger partial charge in [0.2, 0.25) is 0 Å². The standard InChI is InChI=1S/C22H22F3N3O4/c1-12-10-17(13(2)28(12)15-6-7-15)18(29)11-27-19(30)21(3,26-20(27)31)14-4-8-16(9-5-14)32-22(23,24)25/h4-5,8-10,15H,6-7,11H2,1-3H3,(H,26,31). The number of halogens is 3. The number of ketones is 1. The number of imide groups is 1. The van der Waals surface area contributed by atoms with Gasteiger partial charge in [-0.15, -0.1) is 13.2 Å². The number of carbonyl (C=O) groups excluding carboxylic acids is 3. The molecule has 170 valence electrons. The van der Waals surface area contributed by atoms with Crippen LogP contribution < -0.4 is 10.1 Å². The molecule has 1 saturated heterocycles. The molecule has 32 heavy (non-hydrogen) atoms. The molecule has 10 heteroatoms. The van der Waals surface area contributed by atoms with Crippen molar-refractivity contribution in [1.29, 1.82) is 0 Å². The van der Waals surface area contributed by atoms with Gasteiger partial charge in [-0.3, -0.25) is 14.5 Å². The fraction of sp³-hybridized carbons (Fsp3) is 0.409. The first-order valence-electron chi connectivity index (χ1n) is 10.1. The quantitative estimate of drug-likeness (QED) is 0.534. The van der Waals surface area contributed by atoms with E-state index in [9.17, 15) is 27.6 Å². The highest BCUT2D eigenvalue weighted by molar-refractivity contribution is 6.11. The van der Waals surface area contributed by atoms with E-state index in [1.807, 2.05) is 13.8 Å². The van der Waals surface area contributed by atoms with Gasteiger partial charge >= 0.3 is 12.4 Å². The SMILES string of the molecule is Cc1cc(C(=O)CN2C(=O)NC(C)(c3ccc(OC(F)(F)F)cc3)C2=O)c(C)n1C1CC1. The number of urea groups is 1. The van der Waals surface area contributed by atoms with Crippen LogP contribution in [0.1, 0.15) is 53.1 Å². The van der Waals surface area contributed by atoms with E-state index in [0.717, 1.165) is 41.3 Å². The molecule has 2 aliphatic rings. The number of aryl methyl sites for hydroxylation is 1. The van der Waals surface area contributed by atoms with Crippen LogP contribution in [0, 0.1) is 13.8 Å². The van der Waals surface area contributed by atoms with Gasteiger partial charge in [-0.2, -0.15) is 0 Å². The van der Waals surface area contributed by atoms with E-state index >= 15 is 0 Å². The third kappa shape index (κ3) is 3.85. The maximum Gasteiger partial charge on any atom is 0.573 e. The minimum Gasteiger partial charge on any atom is -0.406 e. The summed E-state index contributed by atoms with van der Waals surface area (Å²) >= 11 is 0. The van der Waals surface area contributed by atoms with Crippen molar-refractivity contribution in [2.24, 2.45) is 0 Å². The average Bonchev–Trinajstić information content (AvgIpc) is 3.44. The summed E-state index contributed by atoms with van der Waals surface area (Å²) in [6.45, 7) is 4.78. The fourth-order valence-corrected chi connectivity index (χ4v) is 4.21. The van der Waals surface area contributed by atoms with E-state index in [2.05, 4.69) is 14.6 Å². The third-order valence-corrected chi connectivity index (χ3v) is 5.94. The Hall–Kier alpha value is -3.30. The first-order chi connectivity index (χ1) is 14.9. The van der Waals surface area contributed by atoms with E-state index in [-0.39, 0.29) is 11.3 Å². The molecular formula is C22H22F3N3O4. The Balaban J connectivity index is 1.52. The van der Waals surface area contributed by atoms with Crippen molar-refractivity contribution in [3.8, 4) is 5.75 Å². The number of amides is 3. The Morgan fingerprint density at radius 2 is 1.81 bits per heavy atom. The number of rotatable bonds is 6. The van der Waals surface area contributed by atoms with Gasteiger partial charge in [0.1, 0.15) is 11.3 Å². The monoisotopic (exact) mass is 449 g/mol. The highest BCUT2D eigenvalue weighted by Gasteiger charge is 2.49. The lowest BCUT2D eigenvalue weighted by Gasteiger charge is -2.22. The molecule has 0 spiro atoms. The number of hydrogen-bond donors (Lipinski definition) is 1. The lowest BCUT2D eigenvalue weighted by atomic mass is 9.92. The number of ether oxygens (including phenoxy) is 1. The van der Waals surface area contributed by atoms with Gasteiger partial charge in [-0.05, 0) is 57.4 Å². The molecule has 0 radical (unpaired) electrons. The number of aromatic nitrogens is 1. The van der Waals surface area contributed by atoms with E-state index in [1.165, 1.54) is 19.1 Å². The topological polar surface area (TPSA) is 80.6 Å². The molecule has 2 aromatic rings. The van der Waals surface area contributed by atoms with Gasteiger partial charge in [0.25, 0.3) is 5.91 Å². The molecule has 0 bridgehead atoms. The van der Waals surface area contributed by atoms with E-state index in [1.54, 1.807) is 6.07 Å². The van der Waals surface area contributed by atoms with Gasteiger partial charge in [-0.1, -0.05) is 12.1 Å². The van der Waals surface area contributed by atoms with Crippen molar-refractivity contribution in [3.63, 3.8) is 0 Å². The summed E-state index contributed by atoms with van der Waals surface area (Å²) in [4.78, 5) is 39.4. The third-order valence-electron chi connectivity index (χ3n) is 5.94. The van der Waals surface area contributed by atoms with Crippen LogP contribution in [-0.4, -0.2) is 40.1 Å². The second-order valence-corrected chi connectivity index (χ2v) is 8.33. The van der Waals surface area contributed by atoms with Crippen LogP contribution in [0.15, 0.2) is 30.3 Å². The number of hydrogen-bond acceptors (Lipinski definition) is 4. The minimum atomic E-state index is -4.84. The smallest absolute Gasteiger partial charge is 0.406 e. The molecule has 1 aromatic heterocycles. The number of nitrogens with one attached hydrogen (secondary N) is 1. The first kappa shape index (κ1) is 21.9. The van der Waals surface area contributed by atoms with Crippen LogP contribution in [0.3, 0.4) is 0 Å². The highest BCUT2D eigenvalue weighted by atomic mass is 19.4. The molecule has 1 aliphatic carbocycles. The molecule has 1 atom stereocenters. The maximum absolute atomic E-state index is 13.1. The predicted octanol–water partition coefficient (Wildman–Crippen LogP) is 3.99. The Morgan fingerprint density at radius 1 is 1.19 bits per heavy atom. The van der Waals surface area contributed by atoms with Gasteiger partial charge in [-0.25, -0.2) is 4.79 Å². The molecule has 2 fully saturated rings. The normalized spacial score (nSPS) is 21.1. The molecule has 7 nitrogen and oxygen atoms in total. The summed E-state index contributed by atoms with van der Waals surface area (Å²) in [7, 11) is 0. The summed E-state index contributed by atoms with van der Waals surface area (Å²) in [5.74, 6) is -1.46. The molecule has 1 unspecified atom stereocenters. The van der Waals surface area contributed by atoms with Crippen LogP contribution >= 0.6 is 0 Å². The van der Waals surface area contributed by atoms with Crippen molar-refractivity contribution in [3.05, 3.63) is 52.8 Å². The molecule has 1 aromatic carbocycles. The number of nitrogens with zero attached hydrogens (tertiary/aromatic N) is 2. The minimum absolute atomic E-state index is 0.271. The van der Waals surface area contributed by atoms with Crippen molar-refractivity contribution in [2.45, 2.75) is 51.6 Å². The Kier molecular flexibility index (Phi) is 5.06. The molecule has 3 amide bonds. The van der Waals surface area contributed by atoms with Crippen molar-refractivity contribution >= 4 is 17.7 Å². The summed E-state index contributed by atoms with van der Waals surface area (Å²) in [6, 6.07) is 6.09. The van der Waals surface area contributed by atoms with E-state index in [0.29, 0.717) is 11.6 Å². The lowest BCUT2D eigenvalue weighted by molar-refractivity contribution is -0.274. The van der Waals surface area contributed by atoms with Crippen molar-refractivity contribution in [1.82, 2.24) is 14.8 Å². The Labute approximate surface area is 182 Å². The number of Topliss-reactive ketones (excluding diaryl/α,β-unsaturated/α-hetero) is 1. The second kappa shape index (κ2) is 7.39.